The lowest BCUT2D eigenvalue weighted by molar-refractivity contribution is 0.127. The molecule has 0 bridgehead atoms. The van der Waals surface area contributed by atoms with Gasteiger partial charge in [0.2, 0.25) is 0 Å². The van der Waals surface area contributed by atoms with Crippen molar-refractivity contribution in [3.05, 3.63) is 59.9 Å². The molecule has 3 rings (SSSR count). The van der Waals surface area contributed by atoms with Gasteiger partial charge in [0.1, 0.15) is 5.82 Å². The van der Waals surface area contributed by atoms with Gasteiger partial charge in [-0.1, -0.05) is 24.3 Å². The minimum Gasteiger partial charge on any atom is -0.493 e. The van der Waals surface area contributed by atoms with Crippen LogP contribution >= 0.6 is 0 Å². The Morgan fingerprint density at radius 1 is 1.08 bits per heavy atom. The normalized spacial score (nSPS) is 21.5. The lowest BCUT2D eigenvalue weighted by Gasteiger charge is -2.37. The minimum atomic E-state index is -0.187. The van der Waals surface area contributed by atoms with Crippen molar-refractivity contribution in [3.63, 3.8) is 0 Å². The maximum Gasteiger partial charge on any atom is 0.161 e. The highest BCUT2D eigenvalue weighted by Crippen LogP contribution is 2.34. The zero-order valence-electron chi connectivity index (χ0n) is 14.2. The Kier molecular flexibility index (Phi) is 5.36. The van der Waals surface area contributed by atoms with Crippen LogP contribution in [0.15, 0.2) is 48.5 Å². The van der Waals surface area contributed by atoms with Crippen molar-refractivity contribution in [3.8, 4) is 11.5 Å². The fourth-order valence-corrected chi connectivity index (χ4v) is 3.47. The number of nitrogens with zero attached hydrogens (tertiary/aromatic N) is 1. The SMILES string of the molecule is COc1ccccc1OC[C@@H]1CN(C)CC[C@H]1c1ccc(F)cc1. The molecular weight excluding hydrogens is 305 g/mol. The van der Waals surface area contributed by atoms with Gasteiger partial charge in [0.05, 0.1) is 13.7 Å². The molecule has 1 aliphatic rings. The molecule has 0 unspecified atom stereocenters. The van der Waals surface area contributed by atoms with Crippen molar-refractivity contribution in [1.29, 1.82) is 0 Å². The summed E-state index contributed by atoms with van der Waals surface area (Å²) >= 11 is 0. The molecule has 24 heavy (non-hydrogen) atoms. The van der Waals surface area contributed by atoms with E-state index in [4.69, 9.17) is 9.47 Å². The Morgan fingerprint density at radius 3 is 2.50 bits per heavy atom. The summed E-state index contributed by atoms with van der Waals surface area (Å²) in [4.78, 5) is 2.33. The van der Waals surface area contributed by atoms with Crippen molar-refractivity contribution < 1.29 is 13.9 Å². The van der Waals surface area contributed by atoms with Gasteiger partial charge >= 0.3 is 0 Å². The number of rotatable bonds is 5. The predicted molar refractivity (Wildman–Crippen MR) is 93.2 cm³/mol. The summed E-state index contributed by atoms with van der Waals surface area (Å²) in [6.07, 6.45) is 1.06. The molecule has 0 aromatic heterocycles. The van der Waals surface area contributed by atoms with Crippen LogP contribution < -0.4 is 9.47 Å². The molecule has 0 saturated carbocycles. The summed E-state index contributed by atoms with van der Waals surface area (Å²) in [5, 5.41) is 0. The van der Waals surface area contributed by atoms with E-state index in [0.29, 0.717) is 18.4 Å². The van der Waals surface area contributed by atoms with Gasteiger partial charge in [-0.2, -0.15) is 0 Å². The molecule has 2 atom stereocenters. The van der Waals surface area contributed by atoms with Crippen LogP contribution in [0.1, 0.15) is 17.9 Å². The first-order chi connectivity index (χ1) is 11.7. The van der Waals surface area contributed by atoms with Gasteiger partial charge in [-0.15, -0.1) is 0 Å². The number of hydrogen-bond donors (Lipinski definition) is 0. The van der Waals surface area contributed by atoms with E-state index in [-0.39, 0.29) is 5.82 Å². The van der Waals surface area contributed by atoms with E-state index in [1.165, 1.54) is 5.56 Å². The van der Waals surface area contributed by atoms with Crippen LogP contribution in [0.2, 0.25) is 0 Å². The Labute approximate surface area is 143 Å². The lowest BCUT2D eigenvalue weighted by Crippen LogP contribution is -2.39. The molecule has 0 aliphatic carbocycles. The molecule has 0 amide bonds. The molecule has 0 radical (unpaired) electrons. The van der Waals surface area contributed by atoms with Crippen molar-refractivity contribution in [2.24, 2.45) is 5.92 Å². The van der Waals surface area contributed by atoms with E-state index in [0.717, 1.165) is 31.0 Å². The fourth-order valence-electron chi connectivity index (χ4n) is 3.47. The lowest BCUT2D eigenvalue weighted by atomic mass is 9.81. The highest BCUT2D eigenvalue weighted by molar-refractivity contribution is 5.39. The summed E-state index contributed by atoms with van der Waals surface area (Å²) in [6.45, 7) is 2.64. The number of benzene rings is 2. The van der Waals surface area contributed by atoms with Gasteiger partial charge in [0.25, 0.3) is 0 Å². The molecule has 3 nitrogen and oxygen atoms in total. The topological polar surface area (TPSA) is 21.7 Å². The number of hydrogen-bond acceptors (Lipinski definition) is 3. The van der Waals surface area contributed by atoms with Crippen LogP contribution in [0.5, 0.6) is 11.5 Å². The van der Waals surface area contributed by atoms with E-state index in [1.54, 1.807) is 19.2 Å². The van der Waals surface area contributed by atoms with Crippen molar-refractivity contribution >= 4 is 0 Å². The van der Waals surface area contributed by atoms with Gasteiger partial charge in [0, 0.05) is 12.5 Å². The third kappa shape index (κ3) is 3.88. The van der Waals surface area contributed by atoms with E-state index in [2.05, 4.69) is 11.9 Å². The van der Waals surface area contributed by atoms with Crippen LogP contribution in [-0.2, 0) is 0 Å². The monoisotopic (exact) mass is 329 g/mol. The second kappa shape index (κ2) is 7.67. The number of halogens is 1. The summed E-state index contributed by atoms with van der Waals surface area (Å²) in [5.41, 5.74) is 1.19. The molecule has 0 N–H and O–H groups in total. The van der Waals surface area contributed by atoms with Crippen LogP contribution in [0, 0.1) is 11.7 Å². The molecule has 0 spiro atoms. The molecule has 1 fully saturated rings. The van der Waals surface area contributed by atoms with Gasteiger partial charge < -0.3 is 14.4 Å². The van der Waals surface area contributed by atoms with Crippen molar-refractivity contribution in [2.75, 3.05) is 33.9 Å². The zero-order chi connectivity index (χ0) is 16.9. The molecular formula is C20H24FNO2. The third-order valence-corrected chi connectivity index (χ3v) is 4.76. The van der Waals surface area contributed by atoms with Crippen LogP contribution in [-0.4, -0.2) is 38.8 Å². The summed E-state index contributed by atoms with van der Waals surface area (Å²) < 4.78 is 24.6. The van der Waals surface area contributed by atoms with E-state index in [9.17, 15) is 4.39 Å². The Hall–Kier alpha value is -2.07. The third-order valence-electron chi connectivity index (χ3n) is 4.76. The predicted octanol–water partition coefficient (Wildman–Crippen LogP) is 3.95. The van der Waals surface area contributed by atoms with E-state index < -0.39 is 0 Å². The Bertz CT molecular complexity index is 659. The standard InChI is InChI=1S/C20H24FNO2/c1-22-12-11-18(15-7-9-17(21)10-8-15)16(13-22)14-24-20-6-4-3-5-19(20)23-2/h3-10,16,18H,11-14H2,1-2H3/t16-,18-/m0/s1. The molecule has 4 heteroatoms. The average Bonchev–Trinajstić information content (AvgIpc) is 2.61. The zero-order valence-corrected chi connectivity index (χ0v) is 14.2. The largest absolute Gasteiger partial charge is 0.493 e. The second-order valence-electron chi connectivity index (χ2n) is 6.43. The van der Waals surface area contributed by atoms with Crippen LogP contribution in [0.4, 0.5) is 4.39 Å². The van der Waals surface area contributed by atoms with Gasteiger partial charge in [-0.05, 0) is 55.8 Å². The number of para-hydroxylation sites is 2. The molecule has 128 valence electrons. The number of piperidine rings is 1. The Balaban J connectivity index is 1.73. The number of ether oxygens (including phenoxy) is 2. The molecule has 1 saturated heterocycles. The van der Waals surface area contributed by atoms with Crippen LogP contribution in [0.3, 0.4) is 0 Å². The first-order valence-corrected chi connectivity index (χ1v) is 8.37. The summed E-state index contributed by atoms with van der Waals surface area (Å²) in [7, 11) is 3.79. The van der Waals surface area contributed by atoms with Crippen molar-refractivity contribution in [2.45, 2.75) is 12.3 Å². The first kappa shape index (κ1) is 16.8. The maximum atomic E-state index is 13.2. The van der Waals surface area contributed by atoms with Gasteiger partial charge in [0.15, 0.2) is 11.5 Å². The number of methoxy groups -OCH3 is 1. The summed E-state index contributed by atoms with van der Waals surface area (Å²) in [6, 6.07) is 14.6. The summed E-state index contributed by atoms with van der Waals surface area (Å²) in [5.74, 6) is 2.08. The van der Waals surface area contributed by atoms with Gasteiger partial charge in [-0.3, -0.25) is 0 Å². The van der Waals surface area contributed by atoms with E-state index >= 15 is 0 Å². The van der Waals surface area contributed by atoms with E-state index in [1.807, 2.05) is 36.4 Å². The smallest absolute Gasteiger partial charge is 0.161 e. The molecule has 1 aliphatic heterocycles. The van der Waals surface area contributed by atoms with Crippen molar-refractivity contribution in [1.82, 2.24) is 4.90 Å². The van der Waals surface area contributed by atoms with Gasteiger partial charge in [-0.25, -0.2) is 4.39 Å². The molecule has 1 heterocycles. The second-order valence-corrected chi connectivity index (χ2v) is 6.43. The fraction of sp³-hybridized carbons (Fsp3) is 0.400. The molecule has 2 aromatic carbocycles. The van der Waals surface area contributed by atoms with Crippen LogP contribution in [0.25, 0.3) is 0 Å². The highest BCUT2D eigenvalue weighted by atomic mass is 19.1. The minimum absolute atomic E-state index is 0.187. The molecule has 2 aromatic rings. The maximum absolute atomic E-state index is 13.2. The Morgan fingerprint density at radius 2 is 1.79 bits per heavy atom. The average molecular weight is 329 g/mol. The quantitative estimate of drug-likeness (QED) is 0.829. The highest BCUT2D eigenvalue weighted by Gasteiger charge is 2.29. The number of likely N-dealkylation sites (tertiary alicyclic amines) is 1. The first-order valence-electron chi connectivity index (χ1n) is 8.37.